The third-order valence-electron chi connectivity index (χ3n) is 6.38. The van der Waals surface area contributed by atoms with Gasteiger partial charge in [-0.25, -0.2) is 13.2 Å². The van der Waals surface area contributed by atoms with Crippen LogP contribution in [0.2, 0.25) is 0 Å². The maximum atomic E-state index is 13.6. The van der Waals surface area contributed by atoms with E-state index >= 15 is 0 Å². The molecule has 0 fully saturated rings. The zero-order chi connectivity index (χ0) is 29.3. The van der Waals surface area contributed by atoms with Gasteiger partial charge in [-0.1, -0.05) is 44.2 Å². The van der Waals surface area contributed by atoms with Crippen LogP contribution in [0.4, 0.5) is 4.79 Å². The van der Waals surface area contributed by atoms with Crippen molar-refractivity contribution >= 4 is 16.1 Å². The van der Waals surface area contributed by atoms with Gasteiger partial charge in [0.05, 0.1) is 24.2 Å². The Bertz CT molecular complexity index is 1370. The van der Waals surface area contributed by atoms with Gasteiger partial charge in [-0.3, -0.25) is 4.79 Å². The molecule has 2 N–H and O–H groups in total. The molecule has 3 rings (SSSR count). The molecule has 0 aliphatic heterocycles. The molecule has 216 valence electrons. The molecule has 1 heterocycles. The van der Waals surface area contributed by atoms with Crippen LogP contribution in [-0.4, -0.2) is 73.2 Å². The number of methoxy groups -OCH3 is 1. The Morgan fingerprint density at radius 3 is 2.23 bits per heavy atom. The third kappa shape index (κ3) is 8.41. The molecule has 0 aliphatic rings. The van der Waals surface area contributed by atoms with Crippen molar-refractivity contribution in [3.63, 3.8) is 0 Å². The first-order valence-corrected chi connectivity index (χ1v) is 14.4. The van der Waals surface area contributed by atoms with E-state index in [4.69, 9.17) is 9.47 Å². The second-order valence-corrected chi connectivity index (χ2v) is 11.9. The van der Waals surface area contributed by atoms with Gasteiger partial charge in [0, 0.05) is 38.0 Å². The maximum Gasteiger partial charge on any atom is 0.410 e. The van der Waals surface area contributed by atoms with Crippen LogP contribution < -0.4 is 10.3 Å². The zero-order valence-electron chi connectivity index (χ0n) is 23.2. The summed E-state index contributed by atoms with van der Waals surface area (Å²) in [6.45, 7) is 3.64. The second-order valence-electron chi connectivity index (χ2n) is 9.94. The standard InChI is InChI=1S/C29H37N3O7S/c1-21(2)18-32(40(36,37)25-13-11-24(38-4)12-14-25)19-27(33)26(16-22-8-6-5-7-9-22)31(3)29(35)39-20-23-10-15-28(34)30-17-23/h5-15,17,21,26-27,33H,16,18-20H2,1-4H3,(H,30,34)/t26-,27+/m0/s1. The largest absolute Gasteiger partial charge is 0.497 e. The summed E-state index contributed by atoms with van der Waals surface area (Å²) in [5.74, 6) is 0.507. The summed E-state index contributed by atoms with van der Waals surface area (Å²) in [6, 6.07) is 17.5. The Morgan fingerprint density at radius 1 is 0.975 bits per heavy atom. The number of rotatable bonds is 13. The number of benzene rings is 2. The predicted molar refractivity (Wildman–Crippen MR) is 152 cm³/mol. The lowest BCUT2D eigenvalue weighted by molar-refractivity contribution is 0.0332. The van der Waals surface area contributed by atoms with Gasteiger partial charge < -0.3 is 24.5 Å². The predicted octanol–water partition coefficient (Wildman–Crippen LogP) is 3.27. The number of pyridine rings is 1. The molecule has 11 heteroatoms. The highest BCUT2D eigenvalue weighted by atomic mass is 32.2. The number of aromatic amines is 1. The molecule has 0 spiro atoms. The smallest absolute Gasteiger partial charge is 0.410 e. The number of nitrogens with zero attached hydrogens (tertiary/aromatic N) is 2. The van der Waals surface area contributed by atoms with E-state index in [0.717, 1.165) is 5.56 Å². The van der Waals surface area contributed by atoms with Crippen molar-refractivity contribution in [2.45, 2.75) is 43.9 Å². The Labute approximate surface area is 235 Å². The molecule has 1 amide bonds. The highest BCUT2D eigenvalue weighted by Crippen LogP contribution is 2.23. The van der Waals surface area contributed by atoms with Crippen LogP contribution in [0.3, 0.4) is 0 Å². The Morgan fingerprint density at radius 2 is 1.65 bits per heavy atom. The maximum absolute atomic E-state index is 13.6. The van der Waals surface area contributed by atoms with Gasteiger partial charge in [0.25, 0.3) is 0 Å². The molecule has 3 aromatic rings. The quantitative estimate of drug-likeness (QED) is 0.322. The summed E-state index contributed by atoms with van der Waals surface area (Å²) in [5, 5.41) is 11.5. The summed E-state index contributed by atoms with van der Waals surface area (Å²) in [4.78, 5) is 28.2. The lowest BCUT2D eigenvalue weighted by Gasteiger charge is -2.34. The number of aromatic nitrogens is 1. The second kappa shape index (κ2) is 14.1. The molecule has 0 unspecified atom stereocenters. The van der Waals surface area contributed by atoms with Gasteiger partial charge in [0.15, 0.2) is 0 Å². The molecule has 0 aliphatic carbocycles. The number of likely N-dealkylation sites (N-methyl/N-ethyl adjacent to an activating group) is 1. The van der Waals surface area contributed by atoms with Crippen molar-refractivity contribution in [2.24, 2.45) is 5.92 Å². The van der Waals surface area contributed by atoms with Gasteiger partial charge in [0.1, 0.15) is 12.4 Å². The molecule has 0 bridgehead atoms. The third-order valence-corrected chi connectivity index (χ3v) is 8.23. The van der Waals surface area contributed by atoms with E-state index in [9.17, 15) is 23.1 Å². The number of amides is 1. The molecular formula is C29H37N3O7S. The molecule has 1 aromatic heterocycles. The number of carbonyl (C=O) groups is 1. The van der Waals surface area contributed by atoms with Gasteiger partial charge >= 0.3 is 6.09 Å². The number of hydrogen-bond donors (Lipinski definition) is 2. The molecular weight excluding hydrogens is 534 g/mol. The normalized spacial score (nSPS) is 13.2. The highest BCUT2D eigenvalue weighted by Gasteiger charge is 2.34. The monoisotopic (exact) mass is 571 g/mol. The van der Waals surface area contributed by atoms with Crippen molar-refractivity contribution in [2.75, 3.05) is 27.2 Å². The number of sulfonamides is 1. The van der Waals surface area contributed by atoms with E-state index < -0.39 is 28.3 Å². The average molecular weight is 572 g/mol. The van der Waals surface area contributed by atoms with E-state index in [1.807, 2.05) is 44.2 Å². The fraction of sp³-hybridized carbons (Fsp3) is 0.379. The average Bonchev–Trinajstić information content (AvgIpc) is 2.95. The van der Waals surface area contributed by atoms with Crippen LogP contribution in [-0.2, 0) is 27.8 Å². The molecule has 0 radical (unpaired) electrons. The van der Waals surface area contributed by atoms with E-state index in [0.29, 0.717) is 11.3 Å². The lowest BCUT2D eigenvalue weighted by Crippen LogP contribution is -2.51. The summed E-state index contributed by atoms with van der Waals surface area (Å²) >= 11 is 0. The van der Waals surface area contributed by atoms with Crippen molar-refractivity contribution in [3.8, 4) is 5.75 Å². The zero-order valence-corrected chi connectivity index (χ0v) is 24.0. The van der Waals surface area contributed by atoms with Crippen LogP contribution >= 0.6 is 0 Å². The molecule has 2 aromatic carbocycles. The fourth-order valence-electron chi connectivity index (χ4n) is 4.21. The van der Waals surface area contributed by atoms with E-state index in [-0.39, 0.29) is 42.5 Å². The number of aliphatic hydroxyl groups is 1. The number of aliphatic hydroxyl groups excluding tert-OH is 1. The minimum absolute atomic E-state index is 0.0206. The van der Waals surface area contributed by atoms with E-state index in [1.54, 1.807) is 18.2 Å². The summed E-state index contributed by atoms with van der Waals surface area (Å²) < 4.78 is 39.1. The lowest BCUT2D eigenvalue weighted by atomic mass is 10.00. The van der Waals surface area contributed by atoms with E-state index in [2.05, 4.69) is 4.98 Å². The highest BCUT2D eigenvalue weighted by molar-refractivity contribution is 7.89. The van der Waals surface area contributed by atoms with Gasteiger partial charge in [0.2, 0.25) is 15.6 Å². The van der Waals surface area contributed by atoms with Crippen LogP contribution in [0, 0.1) is 5.92 Å². The molecule has 2 atom stereocenters. The number of carbonyl (C=O) groups excluding carboxylic acids is 1. The van der Waals surface area contributed by atoms with Crippen LogP contribution in [0.1, 0.15) is 25.0 Å². The summed E-state index contributed by atoms with van der Waals surface area (Å²) in [7, 11) is -0.954. The first-order valence-electron chi connectivity index (χ1n) is 12.9. The fourth-order valence-corrected chi connectivity index (χ4v) is 5.83. The summed E-state index contributed by atoms with van der Waals surface area (Å²) in [6.07, 6.45) is -0.207. The SMILES string of the molecule is COc1ccc(S(=O)(=O)N(CC(C)C)C[C@@H](O)[C@H](Cc2ccccc2)N(C)C(=O)OCc2ccc(=O)[nH]c2)cc1. The molecule has 0 saturated carbocycles. The van der Waals surface area contributed by atoms with Crippen LogP contribution in [0.25, 0.3) is 0 Å². The number of hydrogen-bond acceptors (Lipinski definition) is 7. The van der Waals surface area contributed by atoms with Crippen molar-refractivity contribution in [1.82, 2.24) is 14.2 Å². The molecule has 0 saturated heterocycles. The Hall–Kier alpha value is -3.67. The molecule has 10 nitrogen and oxygen atoms in total. The van der Waals surface area contributed by atoms with Gasteiger partial charge in [-0.2, -0.15) is 4.31 Å². The van der Waals surface area contributed by atoms with Crippen LogP contribution in [0.15, 0.2) is 82.6 Å². The summed E-state index contributed by atoms with van der Waals surface area (Å²) in [5.41, 5.74) is 1.18. The number of nitrogens with one attached hydrogen (secondary N) is 1. The van der Waals surface area contributed by atoms with Crippen LogP contribution in [0.5, 0.6) is 5.75 Å². The number of H-pyrrole nitrogens is 1. The first-order chi connectivity index (χ1) is 19.0. The Kier molecular flexibility index (Phi) is 10.9. The first kappa shape index (κ1) is 30.9. The van der Waals surface area contributed by atoms with Gasteiger partial charge in [-0.15, -0.1) is 0 Å². The van der Waals surface area contributed by atoms with Gasteiger partial charge in [-0.05, 0) is 48.2 Å². The van der Waals surface area contributed by atoms with Crippen molar-refractivity contribution < 1.29 is 27.8 Å². The topological polar surface area (TPSA) is 129 Å². The number of ether oxygens (including phenoxy) is 2. The Balaban J connectivity index is 1.84. The molecule has 40 heavy (non-hydrogen) atoms. The minimum Gasteiger partial charge on any atom is -0.497 e. The minimum atomic E-state index is -3.96. The van der Waals surface area contributed by atoms with Crippen molar-refractivity contribution in [3.05, 3.63) is 94.4 Å². The van der Waals surface area contributed by atoms with E-state index in [1.165, 1.54) is 47.8 Å². The van der Waals surface area contributed by atoms with Crippen molar-refractivity contribution in [1.29, 1.82) is 0 Å².